The van der Waals surface area contributed by atoms with Crippen molar-refractivity contribution in [2.45, 2.75) is 19.8 Å². The zero-order chi connectivity index (χ0) is 15.2. The molecule has 6 heteroatoms. The summed E-state index contributed by atoms with van der Waals surface area (Å²) < 4.78 is 0. The van der Waals surface area contributed by atoms with E-state index in [1.54, 1.807) is 12.4 Å². The molecule has 1 aromatic heterocycles. The topological polar surface area (TPSA) is 87.6 Å². The minimum atomic E-state index is 0.0697. The molecule has 0 atom stereocenters. The number of hydrogen-bond acceptors (Lipinski definition) is 5. The molecule has 6 nitrogen and oxygen atoms in total. The zero-order valence-corrected chi connectivity index (χ0v) is 12.2. The number of hydrogen-bond donors (Lipinski definition) is 2. The summed E-state index contributed by atoms with van der Waals surface area (Å²) in [5.74, 6) is 0.840. The van der Waals surface area contributed by atoms with Gasteiger partial charge in [-0.25, -0.2) is 9.97 Å². The highest BCUT2D eigenvalue weighted by Gasteiger charge is 2.13. The van der Waals surface area contributed by atoms with Crippen molar-refractivity contribution >= 4 is 17.3 Å². The van der Waals surface area contributed by atoms with Gasteiger partial charge in [0.05, 0.1) is 5.69 Å². The van der Waals surface area contributed by atoms with Crippen LogP contribution in [0.25, 0.3) is 0 Å². The lowest BCUT2D eigenvalue weighted by Gasteiger charge is -2.21. The number of rotatable bonds is 5. The van der Waals surface area contributed by atoms with E-state index in [9.17, 15) is 0 Å². The molecule has 0 saturated carbocycles. The maximum atomic E-state index is 8.90. The number of amidine groups is 1. The molecule has 3 N–H and O–H groups in total. The number of anilines is 2. The zero-order valence-electron chi connectivity index (χ0n) is 12.2. The van der Waals surface area contributed by atoms with Crippen molar-refractivity contribution in [2.75, 3.05) is 11.9 Å². The first-order chi connectivity index (χ1) is 10.2. The molecule has 110 valence electrons. The Hall–Kier alpha value is -2.63. The van der Waals surface area contributed by atoms with Gasteiger partial charge >= 0.3 is 0 Å². The van der Waals surface area contributed by atoms with Crippen molar-refractivity contribution < 1.29 is 5.21 Å². The lowest BCUT2D eigenvalue weighted by atomic mass is 10.1. The quantitative estimate of drug-likeness (QED) is 0.381. The Morgan fingerprint density at radius 3 is 2.81 bits per heavy atom. The van der Waals surface area contributed by atoms with Crippen LogP contribution in [0.3, 0.4) is 0 Å². The number of benzene rings is 1. The second kappa shape index (κ2) is 6.69. The lowest BCUT2D eigenvalue weighted by molar-refractivity contribution is 0.318. The highest BCUT2D eigenvalue weighted by molar-refractivity contribution is 6.02. The molecular weight excluding hydrogens is 266 g/mol. The molecular formula is C15H19N5O. The largest absolute Gasteiger partial charge is 0.409 e. The van der Waals surface area contributed by atoms with Crippen molar-refractivity contribution in [1.29, 1.82) is 0 Å². The third-order valence-electron chi connectivity index (χ3n) is 3.21. The van der Waals surface area contributed by atoms with E-state index in [0.717, 1.165) is 30.0 Å². The smallest absolute Gasteiger partial charge is 0.172 e. The predicted molar refractivity (Wildman–Crippen MR) is 83.0 cm³/mol. The third kappa shape index (κ3) is 3.28. The van der Waals surface area contributed by atoms with E-state index >= 15 is 0 Å². The molecule has 0 saturated heterocycles. The van der Waals surface area contributed by atoms with Crippen molar-refractivity contribution in [3.8, 4) is 0 Å². The van der Waals surface area contributed by atoms with Gasteiger partial charge in [-0.05, 0) is 18.6 Å². The van der Waals surface area contributed by atoms with Crippen LogP contribution in [0.1, 0.15) is 24.6 Å². The van der Waals surface area contributed by atoms with Crippen LogP contribution >= 0.6 is 0 Å². The minimum absolute atomic E-state index is 0.0697. The van der Waals surface area contributed by atoms with Gasteiger partial charge in [-0.2, -0.15) is 0 Å². The Kier molecular flexibility index (Phi) is 4.71. The van der Waals surface area contributed by atoms with Gasteiger partial charge < -0.3 is 15.8 Å². The number of para-hydroxylation sites is 1. The predicted octanol–water partition coefficient (Wildman–Crippen LogP) is 2.29. The number of aryl methyl sites for hydroxylation is 1. The van der Waals surface area contributed by atoms with Crippen LogP contribution in [0.4, 0.5) is 11.5 Å². The van der Waals surface area contributed by atoms with E-state index in [2.05, 4.69) is 22.0 Å². The molecule has 0 unspecified atom stereocenters. The van der Waals surface area contributed by atoms with Crippen LogP contribution in [0.5, 0.6) is 0 Å². The maximum absolute atomic E-state index is 8.90. The molecule has 1 aromatic carbocycles. The van der Waals surface area contributed by atoms with Gasteiger partial charge in [-0.3, -0.25) is 0 Å². The first-order valence-corrected chi connectivity index (χ1v) is 6.79. The van der Waals surface area contributed by atoms with Crippen LogP contribution in [0.2, 0.25) is 0 Å². The highest BCUT2D eigenvalue weighted by atomic mass is 16.4. The van der Waals surface area contributed by atoms with Gasteiger partial charge in [-0.1, -0.05) is 30.6 Å². The molecule has 0 radical (unpaired) electrons. The summed E-state index contributed by atoms with van der Waals surface area (Å²) in [6.07, 6.45) is 3.50. The summed E-state index contributed by atoms with van der Waals surface area (Å²) in [4.78, 5) is 10.4. The summed E-state index contributed by atoms with van der Waals surface area (Å²) in [7, 11) is 1.89. The number of nitrogens with two attached hydrogens (primary N) is 1. The van der Waals surface area contributed by atoms with Crippen molar-refractivity contribution in [3.05, 3.63) is 47.9 Å². The molecule has 21 heavy (non-hydrogen) atoms. The standard InChI is InChI=1S/C15H19N5O/c1-3-6-11-9-14(18-10-17-11)20(2)13-8-5-4-7-12(13)15(16)19-21/h4-5,7-10,21H,3,6H2,1-2H3,(H2,16,19). The van der Waals surface area contributed by atoms with Gasteiger partial charge in [0.2, 0.25) is 0 Å². The molecule has 0 aliphatic rings. The van der Waals surface area contributed by atoms with E-state index in [1.165, 1.54) is 0 Å². The van der Waals surface area contributed by atoms with Crippen LogP contribution in [-0.4, -0.2) is 28.1 Å². The second-order valence-corrected chi connectivity index (χ2v) is 4.68. The van der Waals surface area contributed by atoms with Crippen LogP contribution in [-0.2, 0) is 6.42 Å². The van der Waals surface area contributed by atoms with Crippen LogP contribution < -0.4 is 10.6 Å². The molecule has 0 fully saturated rings. The number of oxime groups is 1. The fourth-order valence-corrected chi connectivity index (χ4v) is 2.12. The van der Waals surface area contributed by atoms with Crippen molar-refractivity contribution in [3.63, 3.8) is 0 Å². The molecule has 0 amide bonds. The van der Waals surface area contributed by atoms with Crippen molar-refractivity contribution in [2.24, 2.45) is 10.9 Å². The fraction of sp³-hybridized carbons (Fsp3) is 0.267. The molecule has 0 bridgehead atoms. The molecule has 2 aromatic rings. The first kappa shape index (κ1) is 14.8. The first-order valence-electron chi connectivity index (χ1n) is 6.79. The molecule has 2 rings (SSSR count). The molecule has 0 spiro atoms. The summed E-state index contributed by atoms with van der Waals surface area (Å²) in [6.45, 7) is 2.11. The van der Waals surface area contributed by atoms with Gasteiger partial charge in [0.15, 0.2) is 5.84 Å². The van der Waals surface area contributed by atoms with Gasteiger partial charge in [0.25, 0.3) is 0 Å². The summed E-state index contributed by atoms with van der Waals surface area (Å²) in [6, 6.07) is 9.39. The lowest BCUT2D eigenvalue weighted by Crippen LogP contribution is -2.20. The van der Waals surface area contributed by atoms with E-state index in [1.807, 2.05) is 36.2 Å². The summed E-state index contributed by atoms with van der Waals surface area (Å²) in [5, 5.41) is 12.0. The molecule has 0 aliphatic carbocycles. The fourth-order valence-electron chi connectivity index (χ4n) is 2.12. The average molecular weight is 285 g/mol. The monoisotopic (exact) mass is 285 g/mol. The number of nitrogens with zero attached hydrogens (tertiary/aromatic N) is 4. The minimum Gasteiger partial charge on any atom is -0.409 e. The van der Waals surface area contributed by atoms with Crippen LogP contribution in [0.15, 0.2) is 41.8 Å². The van der Waals surface area contributed by atoms with Gasteiger partial charge in [0, 0.05) is 24.4 Å². The third-order valence-corrected chi connectivity index (χ3v) is 3.21. The summed E-state index contributed by atoms with van der Waals surface area (Å²) >= 11 is 0. The van der Waals surface area contributed by atoms with Gasteiger partial charge in [0.1, 0.15) is 12.1 Å². The normalized spacial score (nSPS) is 11.4. The Morgan fingerprint density at radius 1 is 1.33 bits per heavy atom. The number of aromatic nitrogens is 2. The summed E-state index contributed by atoms with van der Waals surface area (Å²) in [5.41, 5.74) is 8.19. The van der Waals surface area contributed by atoms with Crippen molar-refractivity contribution in [1.82, 2.24) is 9.97 Å². The van der Waals surface area contributed by atoms with E-state index in [4.69, 9.17) is 10.9 Å². The highest BCUT2D eigenvalue weighted by Crippen LogP contribution is 2.25. The molecule has 0 aliphatic heterocycles. The Balaban J connectivity index is 2.40. The Labute approximate surface area is 123 Å². The van der Waals surface area contributed by atoms with E-state index in [-0.39, 0.29) is 5.84 Å². The second-order valence-electron chi connectivity index (χ2n) is 4.68. The average Bonchev–Trinajstić information content (AvgIpc) is 2.54. The SMILES string of the molecule is CCCc1cc(N(C)c2ccccc2/C(N)=N/O)ncn1. The Morgan fingerprint density at radius 2 is 2.10 bits per heavy atom. The van der Waals surface area contributed by atoms with E-state index in [0.29, 0.717) is 5.56 Å². The van der Waals surface area contributed by atoms with Crippen LogP contribution in [0, 0.1) is 0 Å². The van der Waals surface area contributed by atoms with E-state index < -0.39 is 0 Å². The van der Waals surface area contributed by atoms with Gasteiger partial charge in [-0.15, -0.1) is 0 Å². The molecule has 1 heterocycles. The Bertz CT molecular complexity index is 641. The maximum Gasteiger partial charge on any atom is 0.172 e.